The Morgan fingerprint density at radius 1 is 1.53 bits per heavy atom. The first-order valence-electron chi connectivity index (χ1n) is 5.44. The van der Waals surface area contributed by atoms with E-state index in [1.807, 2.05) is 6.92 Å². The fourth-order valence-electron chi connectivity index (χ4n) is 2.13. The minimum absolute atomic E-state index is 0.0309. The minimum Gasteiger partial charge on any atom is -0.481 e. The van der Waals surface area contributed by atoms with Gasteiger partial charge in [0, 0.05) is 13.1 Å². The lowest BCUT2D eigenvalue weighted by Gasteiger charge is -2.14. The monoisotopic (exact) mass is 238 g/mol. The molecule has 1 fully saturated rings. The molecule has 6 heteroatoms. The average molecular weight is 238 g/mol. The Morgan fingerprint density at radius 2 is 2.24 bits per heavy atom. The predicted octanol–water partition coefficient (Wildman–Crippen LogP) is 0.776. The maximum Gasteiger partial charge on any atom is 0.308 e. The van der Waals surface area contributed by atoms with E-state index in [-0.39, 0.29) is 18.4 Å². The Labute approximate surface area is 98.2 Å². The first kappa shape index (κ1) is 11.6. The highest BCUT2D eigenvalue weighted by molar-refractivity contribution is 5.95. The highest BCUT2D eigenvalue weighted by atomic mass is 16.5. The summed E-state index contributed by atoms with van der Waals surface area (Å²) in [5.41, 5.74) is 0.406. The lowest BCUT2D eigenvalue weighted by atomic mass is 9.99. The fourth-order valence-corrected chi connectivity index (χ4v) is 2.13. The lowest BCUT2D eigenvalue weighted by molar-refractivity contribution is -0.142. The Balaban J connectivity index is 2.13. The second-order valence-electron chi connectivity index (χ2n) is 4.43. The van der Waals surface area contributed by atoms with E-state index in [9.17, 15) is 9.59 Å². The van der Waals surface area contributed by atoms with Crippen LogP contribution >= 0.6 is 0 Å². The van der Waals surface area contributed by atoms with Crippen LogP contribution in [0.15, 0.2) is 10.7 Å². The first-order valence-corrected chi connectivity index (χ1v) is 5.44. The molecule has 6 nitrogen and oxygen atoms in total. The SMILES string of the molecule is Cc1oncc1C(=O)N1CC(C)C(C(=O)O)C1. The van der Waals surface area contributed by atoms with Gasteiger partial charge in [-0.2, -0.15) is 0 Å². The number of carbonyl (C=O) groups is 2. The van der Waals surface area contributed by atoms with E-state index < -0.39 is 11.9 Å². The number of aryl methyl sites for hydroxylation is 1. The topological polar surface area (TPSA) is 83.6 Å². The van der Waals surface area contributed by atoms with Gasteiger partial charge in [-0.25, -0.2) is 0 Å². The molecule has 2 rings (SSSR count). The van der Waals surface area contributed by atoms with Crippen LogP contribution in [0.4, 0.5) is 0 Å². The van der Waals surface area contributed by atoms with Crippen molar-refractivity contribution < 1.29 is 19.2 Å². The van der Waals surface area contributed by atoms with Crippen molar-refractivity contribution in [1.82, 2.24) is 10.1 Å². The molecular formula is C11H14N2O4. The zero-order valence-electron chi connectivity index (χ0n) is 9.71. The number of carboxylic acids is 1. The summed E-state index contributed by atoms with van der Waals surface area (Å²) in [6.07, 6.45) is 1.37. The number of amides is 1. The van der Waals surface area contributed by atoms with E-state index >= 15 is 0 Å². The third kappa shape index (κ3) is 2.02. The Hall–Kier alpha value is -1.85. The van der Waals surface area contributed by atoms with E-state index in [0.717, 1.165) is 0 Å². The molecular weight excluding hydrogens is 224 g/mol. The van der Waals surface area contributed by atoms with Crippen LogP contribution in [-0.2, 0) is 4.79 Å². The molecule has 1 aliphatic rings. The molecule has 92 valence electrons. The zero-order chi connectivity index (χ0) is 12.6. The predicted molar refractivity (Wildman–Crippen MR) is 57.4 cm³/mol. The summed E-state index contributed by atoms with van der Waals surface area (Å²) in [6, 6.07) is 0. The Morgan fingerprint density at radius 3 is 2.71 bits per heavy atom. The van der Waals surface area contributed by atoms with E-state index in [4.69, 9.17) is 9.63 Å². The van der Waals surface area contributed by atoms with Crippen LogP contribution in [-0.4, -0.2) is 40.1 Å². The number of aliphatic carboxylic acids is 1. The molecule has 0 spiro atoms. The summed E-state index contributed by atoms with van der Waals surface area (Å²) in [6.45, 7) is 4.21. The summed E-state index contributed by atoms with van der Waals surface area (Å²) in [5.74, 6) is -1.12. The number of likely N-dealkylation sites (tertiary alicyclic amines) is 1. The van der Waals surface area contributed by atoms with Crippen LogP contribution in [0.1, 0.15) is 23.0 Å². The van der Waals surface area contributed by atoms with E-state index in [1.54, 1.807) is 11.8 Å². The van der Waals surface area contributed by atoms with E-state index in [2.05, 4.69) is 5.16 Å². The second-order valence-corrected chi connectivity index (χ2v) is 4.43. The van der Waals surface area contributed by atoms with Gasteiger partial charge in [-0.05, 0) is 12.8 Å². The number of aromatic nitrogens is 1. The molecule has 2 unspecified atom stereocenters. The van der Waals surface area contributed by atoms with Gasteiger partial charge in [0.15, 0.2) is 0 Å². The van der Waals surface area contributed by atoms with Crippen molar-refractivity contribution in [2.24, 2.45) is 11.8 Å². The van der Waals surface area contributed by atoms with Gasteiger partial charge in [0.05, 0.1) is 12.1 Å². The summed E-state index contributed by atoms with van der Waals surface area (Å²) < 4.78 is 4.83. The van der Waals surface area contributed by atoms with Crippen molar-refractivity contribution in [1.29, 1.82) is 0 Å². The van der Waals surface area contributed by atoms with Crippen LogP contribution in [0, 0.1) is 18.8 Å². The largest absolute Gasteiger partial charge is 0.481 e. The number of carboxylic acid groups (broad SMARTS) is 1. The minimum atomic E-state index is -0.852. The number of rotatable bonds is 2. The zero-order valence-corrected chi connectivity index (χ0v) is 9.71. The molecule has 1 N–H and O–H groups in total. The van der Waals surface area contributed by atoms with Gasteiger partial charge >= 0.3 is 5.97 Å². The van der Waals surface area contributed by atoms with Crippen molar-refractivity contribution in [2.45, 2.75) is 13.8 Å². The molecule has 2 atom stereocenters. The normalized spacial score (nSPS) is 24.0. The van der Waals surface area contributed by atoms with Gasteiger partial charge in [-0.3, -0.25) is 9.59 Å². The van der Waals surface area contributed by atoms with Gasteiger partial charge in [0.2, 0.25) is 0 Å². The fraction of sp³-hybridized carbons (Fsp3) is 0.545. The number of hydrogen-bond acceptors (Lipinski definition) is 4. The van der Waals surface area contributed by atoms with Gasteiger partial charge in [-0.15, -0.1) is 0 Å². The van der Waals surface area contributed by atoms with Gasteiger partial charge in [-0.1, -0.05) is 12.1 Å². The molecule has 0 aromatic carbocycles. The summed E-state index contributed by atoms with van der Waals surface area (Å²) in [7, 11) is 0. The molecule has 1 aromatic heterocycles. The summed E-state index contributed by atoms with van der Waals surface area (Å²) >= 11 is 0. The standard InChI is InChI=1S/C11H14N2O4/c1-6-4-13(5-9(6)11(15)16)10(14)8-3-12-17-7(8)2/h3,6,9H,4-5H2,1-2H3,(H,15,16). The van der Waals surface area contributed by atoms with E-state index in [0.29, 0.717) is 17.9 Å². The highest BCUT2D eigenvalue weighted by Crippen LogP contribution is 2.25. The van der Waals surface area contributed by atoms with Crippen LogP contribution in [0.25, 0.3) is 0 Å². The quantitative estimate of drug-likeness (QED) is 0.822. The first-order chi connectivity index (χ1) is 8.00. The molecule has 0 saturated carbocycles. The van der Waals surface area contributed by atoms with Crippen LogP contribution in [0.5, 0.6) is 0 Å². The van der Waals surface area contributed by atoms with Crippen molar-refractivity contribution in [3.05, 3.63) is 17.5 Å². The van der Waals surface area contributed by atoms with Gasteiger partial charge < -0.3 is 14.5 Å². The van der Waals surface area contributed by atoms with Gasteiger partial charge in [0.25, 0.3) is 5.91 Å². The number of hydrogen-bond donors (Lipinski definition) is 1. The molecule has 1 saturated heterocycles. The van der Waals surface area contributed by atoms with Crippen LogP contribution in [0.2, 0.25) is 0 Å². The van der Waals surface area contributed by atoms with Crippen molar-refractivity contribution in [3.8, 4) is 0 Å². The van der Waals surface area contributed by atoms with Crippen molar-refractivity contribution in [2.75, 3.05) is 13.1 Å². The molecule has 17 heavy (non-hydrogen) atoms. The van der Waals surface area contributed by atoms with E-state index in [1.165, 1.54) is 6.20 Å². The third-order valence-electron chi connectivity index (χ3n) is 3.20. The highest BCUT2D eigenvalue weighted by Gasteiger charge is 2.37. The van der Waals surface area contributed by atoms with Crippen LogP contribution < -0.4 is 0 Å². The second kappa shape index (κ2) is 4.20. The number of carbonyl (C=O) groups excluding carboxylic acids is 1. The summed E-state index contributed by atoms with van der Waals surface area (Å²) in [4.78, 5) is 24.6. The Bertz CT molecular complexity index is 454. The molecule has 1 amide bonds. The molecule has 2 heterocycles. The van der Waals surface area contributed by atoms with Crippen molar-refractivity contribution >= 4 is 11.9 Å². The summed E-state index contributed by atoms with van der Waals surface area (Å²) in [5, 5.41) is 12.5. The number of nitrogens with zero attached hydrogens (tertiary/aromatic N) is 2. The molecule has 0 bridgehead atoms. The molecule has 1 aromatic rings. The molecule has 0 aliphatic carbocycles. The maximum absolute atomic E-state index is 12.1. The smallest absolute Gasteiger partial charge is 0.308 e. The van der Waals surface area contributed by atoms with Crippen molar-refractivity contribution in [3.63, 3.8) is 0 Å². The maximum atomic E-state index is 12.1. The Kier molecular flexibility index (Phi) is 2.87. The molecule has 1 aliphatic heterocycles. The molecule has 0 radical (unpaired) electrons. The van der Waals surface area contributed by atoms with Gasteiger partial charge in [0.1, 0.15) is 11.3 Å². The van der Waals surface area contributed by atoms with Crippen LogP contribution in [0.3, 0.4) is 0 Å². The lowest BCUT2D eigenvalue weighted by Crippen LogP contribution is -2.30. The third-order valence-corrected chi connectivity index (χ3v) is 3.20. The average Bonchev–Trinajstić information content (AvgIpc) is 2.83.